The van der Waals surface area contributed by atoms with Gasteiger partial charge in [-0.15, -0.1) is 0 Å². The zero-order chi connectivity index (χ0) is 16.2. The summed E-state index contributed by atoms with van der Waals surface area (Å²) in [7, 11) is 0. The minimum Gasteiger partial charge on any atom is -0.451 e. The first kappa shape index (κ1) is 17.0. The van der Waals surface area contributed by atoms with E-state index in [1.807, 2.05) is 13.8 Å². The van der Waals surface area contributed by atoms with Crippen molar-refractivity contribution in [1.29, 1.82) is 0 Å². The number of aryl methyl sites for hydroxylation is 1. The fourth-order valence-corrected chi connectivity index (χ4v) is 2.06. The molecule has 1 heterocycles. The Morgan fingerprint density at radius 2 is 1.90 bits per heavy atom. The molecule has 0 bridgehead atoms. The molecule has 0 spiro atoms. The highest BCUT2D eigenvalue weighted by atomic mass is 16.5. The minimum absolute atomic E-state index is 0.0558. The van der Waals surface area contributed by atoms with E-state index in [9.17, 15) is 9.59 Å². The first-order valence-corrected chi connectivity index (χ1v) is 7.09. The lowest BCUT2D eigenvalue weighted by Crippen LogP contribution is -2.40. The molecule has 1 atom stereocenters. The van der Waals surface area contributed by atoms with Crippen molar-refractivity contribution >= 4 is 17.6 Å². The Kier molecular flexibility index (Phi) is 5.75. The van der Waals surface area contributed by atoms with Crippen molar-refractivity contribution in [2.24, 2.45) is 0 Å². The second-order valence-electron chi connectivity index (χ2n) is 4.88. The molecule has 0 saturated heterocycles. The zero-order valence-corrected chi connectivity index (χ0v) is 13.3. The first-order valence-electron chi connectivity index (χ1n) is 7.09. The predicted molar refractivity (Wildman–Crippen MR) is 79.6 cm³/mol. The molecular formula is C14H24N4O3. The van der Waals surface area contributed by atoms with Gasteiger partial charge in [-0.3, -0.25) is 14.3 Å². The van der Waals surface area contributed by atoms with Gasteiger partial charge in [0.1, 0.15) is 6.54 Å². The van der Waals surface area contributed by atoms with E-state index in [2.05, 4.69) is 5.10 Å². The average Bonchev–Trinajstić information content (AvgIpc) is 2.67. The van der Waals surface area contributed by atoms with E-state index in [-0.39, 0.29) is 12.5 Å². The Morgan fingerprint density at radius 1 is 1.33 bits per heavy atom. The second-order valence-corrected chi connectivity index (χ2v) is 4.88. The first-order chi connectivity index (χ1) is 9.81. The van der Waals surface area contributed by atoms with Crippen molar-refractivity contribution < 1.29 is 14.3 Å². The van der Waals surface area contributed by atoms with Crippen LogP contribution >= 0.6 is 0 Å². The molecule has 1 amide bonds. The number of hydrogen-bond donors (Lipinski definition) is 1. The van der Waals surface area contributed by atoms with E-state index in [1.54, 1.807) is 25.7 Å². The number of carbonyl (C=O) groups is 2. The summed E-state index contributed by atoms with van der Waals surface area (Å²) in [5.41, 5.74) is 7.76. The fourth-order valence-electron chi connectivity index (χ4n) is 2.06. The molecule has 21 heavy (non-hydrogen) atoms. The van der Waals surface area contributed by atoms with Gasteiger partial charge in [0.15, 0.2) is 6.10 Å². The molecule has 0 aliphatic rings. The monoisotopic (exact) mass is 296 g/mol. The maximum absolute atomic E-state index is 12.0. The highest BCUT2D eigenvalue weighted by molar-refractivity contribution is 5.83. The standard InChI is InChI=1S/C14H24N4O3/c1-6-17(7-2)14(20)11(5)21-12(19)8-18-10(4)13(15)9(3)16-18/h11H,6-8,15H2,1-5H3. The number of ether oxygens (including phenoxy) is 1. The summed E-state index contributed by atoms with van der Waals surface area (Å²) in [5.74, 6) is -0.699. The van der Waals surface area contributed by atoms with E-state index in [4.69, 9.17) is 10.5 Å². The van der Waals surface area contributed by atoms with E-state index >= 15 is 0 Å². The lowest BCUT2D eigenvalue weighted by Gasteiger charge is -2.22. The predicted octanol–water partition coefficient (Wildman–Crippen LogP) is 0.882. The molecule has 2 N–H and O–H groups in total. The number of anilines is 1. The summed E-state index contributed by atoms with van der Waals surface area (Å²) < 4.78 is 6.66. The van der Waals surface area contributed by atoms with Crippen LogP contribution in [-0.4, -0.2) is 45.8 Å². The van der Waals surface area contributed by atoms with Crippen molar-refractivity contribution in [2.45, 2.75) is 47.3 Å². The minimum atomic E-state index is -0.799. The SMILES string of the molecule is CCN(CC)C(=O)C(C)OC(=O)Cn1nc(C)c(N)c1C. The summed E-state index contributed by atoms with van der Waals surface area (Å²) in [6.45, 7) is 10.0. The number of rotatable bonds is 6. The largest absolute Gasteiger partial charge is 0.451 e. The van der Waals surface area contributed by atoms with E-state index in [1.165, 1.54) is 4.68 Å². The van der Waals surface area contributed by atoms with Crippen LogP contribution < -0.4 is 5.73 Å². The molecule has 0 aromatic carbocycles. The molecule has 0 fully saturated rings. The van der Waals surface area contributed by atoms with Crippen LogP contribution in [0.1, 0.15) is 32.2 Å². The summed E-state index contributed by atoms with van der Waals surface area (Å²) in [6.07, 6.45) is -0.799. The van der Waals surface area contributed by atoms with Crippen LogP contribution in [0.4, 0.5) is 5.69 Å². The number of carbonyl (C=O) groups excluding carboxylic acids is 2. The summed E-state index contributed by atoms with van der Waals surface area (Å²) >= 11 is 0. The van der Waals surface area contributed by atoms with Crippen molar-refractivity contribution in [3.05, 3.63) is 11.4 Å². The summed E-state index contributed by atoms with van der Waals surface area (Å²) in [5, 5.41) is 4.16. The third-order valence-corrected chi connectivity index (χ3v) is 3.45. The van der Waals surface area contributed by atoms with Crippen LogP contribution in [0.15, 0.2) is 0 Å². The zero-order valence-electron chi connectivity index (χ0n) is 13.3. The Hall–Kier alpha value is -2.05. The van der Waals surface area contributed by atoms with Gasteiger partial charge in [-0.05, 0) is 34.6 Å². The number of aromatic nitrogens is 2. The second kappa shape index (κ2) is 7.10. The number of esters is 1. The van der Waals surface area contributed by atoms with Gasteiger partial charge in [0, 0.05) is 13.1 Å². The van der Waals surface area contributed by atoms with Gasteiger partial charge in [-0.25, -0.2) is 0 Å². The van der Waals surface area contributed by atoms with Gasteiger partial charge in [0.2, 0.25) is 0 Å². The van der Waals surface area contributed by atoms with Crippen molar-refractivity contribution in [2.75, 3.05) is 18.8 Å². The molecule has 0 aliphatic carbocycles. The molecular weight excluding hydrogens is 272 g/mol. The van der Waals surface area contributed by atoms with E-state index in [0.717, 1.165) is 0 Å². The number of nitrogens with two attached hydrogens (primary N) is 1. The van der Waals surface area contributed by atoms with Gasteiger partial charge in [-0.2, -0.15) is 5.10 Å². The normalized spacial score (nSPS) is 12.0. The molecule has 0 radical (unpaired) electrons. The van der Waals surface area contributed by atoms with Crippen LogP contribution in [0, 0.1) is 13.8 Å². The molecule has 1 unspecified atom stereocenters. The third kappa shape index (κ3) is 3.96. The maximum atomic E-state index is 12.0. The van der Waals surface area contributed by atoms with Crippen molar-refractivity contribution in [1.82, 2.24) is 14.7 Å². The maximum Gasteiger partial charge on any atom is 0.328 e. The Labute approximate surface area is 125 Å². The molecule has 0 saturated carbocycles. The van der Waals surface area contributed by atoms with Crippen LogP contribution in [0.5, 0.6) is 0 Å². The molecule has 1 aromatic rings. The van der Waals surface area contributed by atoms with Gasteiger partial charge in [0.05, 0.1) is 17.1 Å². The van der Waals surface area contributed by atoms with Crippen LogP contribution in [0.3, 0.4) is 0 Å². The van der Waals surface area contributed by atoms with Crippen LogP contribution in [0.25, 0.3) is 0 Å². The lowest BCUT2D eigenvalue weighted by molar-refractivity contribution is -0.159. The average molecular weight is 296 g/mol. The quantitative estimate of drug-likeness (QED) is 0.787. The van der Waals surface area contributed by atoms with Crippen LogP contribution in [0.2, 0.25) is 0 Å². The number of nitrogens with zero attached hydrogens (tertiary/aromatic N) is 3. The molecule has 118 valence electrons. The molecule has 7 nitrogen and oxygen atoms in total. The van der Waals surface area contributed by atoms with E-state index in [0.29, 0.717) is 30.2 Å². The van der Waals surface area contributed by atoms with Crippen molar-refractivity contribution in [3.63, 3.8) is 0 Å². The number of likely N-dealkylation sites (N-methyl/N-ethyl adjacent to an activating group) is 1. The Morgan fingerprint density at radius 3 is 2.33 bits per heavy atom. The number of nitrogen functional groups attached to an aromatic ring is 1. The number of amides is 1. The fraction of sp³-hybridized carbons (Fsp3) is 0.643. The Balaban J connectivity index is 2.65. The highest BCUT2D eigenvalue weighted by Crippen LogP contribution is 2.14. The topological polar surface area (TPSA) is 90.5 Å². The molecule has 7 heteroatoms. The van der Waals surface area contributed by atoms with Gasteiger partial charge < -0.3 is 15.4 Å². The van der Waals surface area contributed by atoms with Gasteiger partial charge >= 0.3 is 5.97 Å². The lowest BCUT2D eigenvalue weighted by atomic mass is 10.3. The van der Waals surface area contributed by atoms with E-state index < -0.39 is 12.1 Å². The Bertz CT molecular complexity index is 521. The summed E-state index contributed by atoms with van der Waals surface area (Å²) in [6, 6.07) is 0. The van der Waals surface area contributed by atoms with Crippen LogP contribution in [-0.2, 0) is 20.9 Å². The molecule has 0 aliphatic heterocycles. The van der Waals surface area contributed by atoms with Gasteiger partial charge in [-0.1, -0.05) is 0 Å². The van der Waals surface area contributed by atoms with Gasteiger partial charge in [0.25, 0.3) is 5.91 Å². The summed E-state index contributed by atoms with van der Waals surface area (Å²) in [4.78, 5) is 25.6. The smallest absolute Gasteiger partial charge is 0.328 e. The van der Waals surface area contributed by atoms with Crippen molar-refractivity contribution in [3.8, 4) is 0 Å². The molecule has 1 rings (SSSR count). The third-order valence-electron chi connectivity index (χ3n) is 3.45. The highest BCUT2D eigenvalue weighted by Gasteiger charge is 2.22. The number of hydrogen-bond acceptors (Lipinski definition) is 5. The molecule has 1 aromatic heterocycles.